The van der Waals surface area contributed by atoms with Gasteiger partial charge >= 0.3 is 0 Å². The van der Waals surface area contributed by atoms with E-state index in [2.05, 4.69) is 27.5 Å². The van der Waals surface area contributed by atoms with Crippen LogP contribution in [0.25, 0.3) is 10.9 Å². The van der Waals surface area contributed by atoms with Crippen LogP contribution in [0.2, 0.25) is 0 Å². The van der Waals surface area contributed by atoms with Gasteiger partial charge in [-0.3, -0.25) is 9.36 Å². The molecule has 0 unspecified atom stereocenters. The minimum Gasteiger partial charge on any atom is -0.382 e. The molecule has 0 radical (unpaired) electrons. The Morgan fingerprint density at radius 1 is 1.52 bits per heavy atom. The summed E-state index contributed by atoms with van der Waals surface area (Å²) in [5, 5.41) is 1.79. The lowest BCUT2D eigenvalue weighted by molar-refractivity contribution is 0.140. The molecule has 2 aromatic rings. The first-order valence-electron chi connectivity index (χ1n) is 7.27. The number of nitrogens with zero attached hydrogens (tertiary/aromatic N) is 2. The molecule has 23 heavy (non-hydrogen) atoms. The van der Waals surface area contributed by atoms with E-state index in [1.165, 1.54) is 11.8 Å². The van der Waals surface area contributed by atoms with Crippen LogP contribution in [0.3, 0.4) is 0 Å². The number of benzene rings is 1. The van der Waals surface area contributed by atoms with E-state index in [1.54, 1.807) is 10.6 Å². The third-order valence-corrected chi connectivity index (χ3v) is 4.96. The topological polar surface area (TPSA) is 44.1 Å². The Morgan fingerprint density at radius 3 is 3.00 bits per heavy atom. The molecule has 2 rings (SSSR count). The molecule has 0 fully saturated rings. The molecule has 0 spiro atoms. The summed E-state index contributed by atoms with van der Waals surface area (Å²) in [5.74, 6) is 0.515. The Balaban J connectivity index is 2.40. The van der Waals surface area contributed by atoms with Crippen molar-refractivity contribution in [2.45, 2.75) is 25.0 Å². The van der Waals surface area contributed by atoms with Gasteiger partial charge in [-0.1, -0.05) is 45.9 Å². The van der Waals surface area contributed by atoms with Gasteiger partial charge in [0.1, 0.15) is 0 Å². The lowest BCUT2D eigenvalue weighted by Gasteiger charge is -2.13. The molecule has 124 valence electrons. The van der Waals surface area contributed by atoms with E-state index >= 15 is 0 Å². The standard InChI is InChI=1S/C16H18BrClN2O2S/c1-3-22-8-4-7-20-15(21)13-9-12(17)5-6-14(13)19-16(20)23-10-11(2)18/h5-6,9H,2-4,7-8,10H2,1H3. The van der Waals surface area contributed by atoms with Gasteiger partial charge in [0.25, 0.3) is 5.56 Å². The summed E-state index contributed by atoms with van der Waals surface area (Å²) < 4.78 is 7.91. The molecule has 0 aliphatic carbocycles. The lowest BCUT2D eigenvalue weighted by Crippen LogP contribution is -2.24. The molecular formula is C16H18BrClN2O2S. The van der Waals surface area contributed by atoms with Gasteiger partial charge in [0.2, 0.25) is 0 Å². The van der Waals surface area contributed by atoms with Crippen molar-refractivity contribution in [3.8, 4) is 0 Å². The summed E-state index contributed by atoms with van der Waals surface area (Å²) in [6.07, 6.45) is 0.754. The van der Waals surface area contributed by atoms with Crippen molar-refractivity contribution in [1.29, 1.82) is 0 Å². The molecule has 1 aromatic carbocycles. The maximum atomic E-state index is 12.8. The Kier molecular flexibility index (Phi) is 7.14. The fraction of sp³-hybridized carbons (Fsp3) is 0.375. The second kappa shape index (κ2) is 8.87. The van der Waals surface area contributed by atoms with Crippen molar-refractivity contribution in [2.75, 3.05) is 19.0 Å². The molecule has 0 atom stereocenters. The highest BCUT2D eigenvalue weighted by molar-refractivity contribution is 9.10. The summed E-state index contributed by atoms with van der Waals surface area (Å²) in [5.41, 5.74) is 0.637. The van der Waals surface area contributed by atoms with Crippen LogP contribution in [0.4, 0.5) is 0 Å². The molecule has 0 saturated heterocycles. The van der Waals surface area contributed by atoms with Crippen molar-refractivity contribution in [3.63, 3.8) is 0 Å². The first-order valence-corrected chi connectivity index (χ1v) is 9.42. The summed E-state index contributed by atoms with van der Waals surface area (Å²) in [6.45, 7) is 7.49. The SMILES string of the molecule is C=C(Cl)CSc1nc2ccc(Br)cc2c(=O)n1CCCOCC. The highest BCUT2D eigenvalue weighted by Gasteiger charge is 2.12. The molecule has 0 bridgehead atoms. The number of hydrogen-bond acceptors (Lipinski definition) is 4. The number of fused-ring (bicyclic) bond motifs is 1. The summed E-state index contributed by atoms with van der Waals surface area (Å²) in [4.78, 5) is 17.4. The van der Waals surface area contributed by atoms with Crippen molar-refractivity contribution in [1.82, 2.24) is 9.55 Å². The molecule has 1 aromatic heterocycles. The number of hydrogen-bond donors (Lipinski definition) is 0. The first kappa shape index (κ1) is 18.5. The van der Waals surface area contributed by atoms with Crippen LogP contribution in [-0.4, -0.2) is 28.5 Å². The second-order valence-electron chi connectivity index (χ2n) is 4.87. The van der Waals surface area contributed by atoms with E-state index < -0.39 is 0 Å². The second-order valence-corrected chi connectivity index (χ2v) is 7.26. The van der Waals surface area contributed by atoms with E-state index in [9.17, 15) is 4.79 Å². The quantitative estimate of drug-likeness (QED) is 0.362. The van der Waals surface area contributed by atoms with Crippen LogP contribution in [-0.2, 0) is 11.3 Å². The molecule has 1 heterocycles. The van der Waals surface area contributed by atoms with Crippen LogP contribution in [0.15, 0.2) is 44.2 Å². The maximum Gasteiger partial charge on any atom is 0.262 e. The zero-order valence-electron chi connectivity index (χ0n) is 12.8. The minimum atomic E-state index is -0.0458. The fourth-order valence-electron chi connectivity index (χ4n) is 2.09. The maximum absolute atomic E-state index is 12.8. The Hall–Kier alpha value is -0.820. The van der Waals surface area contributed by atoms with Crippen molar-refractivity contribution >= 4 is 50.2 Å². The predicted molar refractivity (Wildman–Crippen MR) is 101 cm³/mol. The zero-order chi connectivity index (χ0) is 16.8. The number of halogens is 2. The highest BCUT2D eigenvalue weighted by Crippen LogP contribution is 2.22. The Morgan fingerprint density at radius 2 is 2.30 bits per heavy atom. The highest BCUT2D eigenvalue weighted by atomic mass is 79.9. The van der Waals surface area contributed by atoms with Gasteiger partial charge in [0.15, 0.2) is 5.16 Å². The monoisotopic (exact) mass is 416 g/mol. The average Bonchev–Trinajstić information content (AvgIpc) is 2.52. The van der Waals surface area contributed by atoms with E-state index in [1.807, 2.05) is 19.1 Å². The normalized spacial score (nSPS) is 11.1. The lowest BCUT2D eigenvalue weighted by atomic mass is 10.2. The van der Waals surface area contributed by atoms with E-state index in [0.717, 1.165) is 10.9 Å². The van der Waals surface area contributed by atoms with Gasteiger partial charge in [0.05, 0.1) is 10.9 Å². The van der Waals surface area contributed by atoms with Crippen LogP contribution in [0.5, 0.6) is 0 Å². The molecule has 0 saturated carbocycles. The number of ether oxygens (including phenoxy) is 1. The number of thioether (sulfide) groups is 1. The van der Waals surface area contributed by atoms with Crippen molar-refractivity contribution < 1.29 is 4.74 Å². The summed E-state index contributed by atoms with van der Waals surface area (Å²) in [6, 6.07) is 5.52. The molecule has 4 nitrogen and oxygen atoms in total. The molecular weight excluding hydrogens is 400 g/mol. The first-order chi connectivity index (χ1) is 11.0. The average molecular weight is 418 g/mol. The summed E-state index contributed by atoms with van der Waals surface area (Å²) in [7, 11) is 0. The number of rotatable bonds is 8. The molecule has 0 aliphatic heterocycles. The zero-order valence-corrected chi connectivity index (χ0v) is 16.0. The van der Waals surface area contributed by atoms with Crippen LogP contribution in [0, 0.1) is 0 Å². The summed E-state index contributed by atoms with van der Waals surface area (Å²) >= 11 is 10.7. The smallest absolute Gasteiger partial charge is 0.262 e. The van der Waals surface area contributed by atoms with Crippen LogP contribution >= 0.6 is 39.3 Å². The van der Waals surface area contributed by atoms with Gasteiger partial charge in [0, 0.05) is 35.0 Å². The van der Waals surface area contributed by atoms with E-state index in [4.69, 9.17) is 16.3 Å². The minimum absolute atomic E-state index is 0.0458. The fourth-order valence-corrected chi connectivity index (χ4v) is 3.40. The van der Waals surface area contributed by atoms with Gasteiger partial charge in [-0.05, 0) is 31.5 Å². The Labute approximate surface area is 153 Å². The molecule has 0 amide bonds. The predicted octanol–water partition coefficient (Wildman–Crippen LogP) is 4.43. The van der Waals surface area contributed by atoms with Crippen molar-refractivity contribution in [3.05, 3.63) is 44.6 Å². The van der Waals surface area contributed by atoms with E-state index in [-0.39, 0.29) is 5.56 Å². The van der Waals surface area contributed by atoms with Gasteiger partial charge < -0.3 is 4.74 Å². The molecule has 7 heteroatoms. The van der Waals surface area contributed by atoms with Crippen molar-refractivity contribution in [2.24, 2.45) is 0 Å². The third-order valence-electron chi connectivity index (χ3n) is 3.11. The van der Waals surface area contributed by atoms with Crippen LogP contribution < -0.4 is 5.56 Å². The molecule has 0 N–H and O–H groups in total. The number of aromatic nitrogens is 2. The largest absolute Gasteiger partial charge is 0.382 e. The van der Waals surface area contributed by atoms with Gasteiger partial charge in [-0.2, -0.15) is 0 Å². The molecule has 0 aliphatic rings. The van der Waals surface area contributed by atoms with Crippen LogP contribution in [0.1, 0.15) is 13.3 Å². The third kappa shape index (κ3) is 5.08. The van der Waals surface area contributed by atoms with Gasteiger partial charge in [-0.25, -0.2) is 4.98 Å². The van der Waals surface area contributed by atoms with E-state index in [0.29, 0.717) is 46.6 Å². The van der Waals surface area contributed by atoms with Gasteiger partial charge in [-0.15, -0.1) is 0 Å². The Bertz CT molecular complexity index is 764.